The van der Waals surface area contributed by atoms with E-state index in [1.165, 1.54) is 17.7 Å². The van der Waals surface area contributed by atoms with Gasteiger partial charge in [-0.2, -0.15) is 0 Å². The van der Waals surface area contributed by atoms with Crippen molar-refractivity contribution in [3.63, 3.8) is 0 Å². The van der Waals surface area contributed by atoms with Crippen LogP contribution in [-0.4, -0.2) is 39.4 Å². The molecule has 1 aromatic heterocycles. The first-order valence-electron chi connectivity index (χ1n) is 5.67. The molecular weight excluding hydrogens is 248 g/mol. The Morgan fingerprint density at radius 1 is 1.21 bits per heavy atom. The highest BCUT2D eigenvalue weighted by Crippen LogP contribution is 2.10. The second-order valence-electron chi connectivity index (χ2n) is 3.68. The molecule has 100 valence electrons. The van der Waals surface area contributed by atoms with Crippen molar-refractivity contribution >= 4 is 17.7 Å². The minimum atomic E-state index is -1.26. The van der Waals surface area contributed by atoms with Crippen molar-refractivity contribution in [3.05, 3.63) is 42.2 Å². The highest BCUT2D eigenvalue weighted by molar-refractivity contribution is 6.01. The number of aliphatic carboxylic acids is 2. The number of aromatic nitrogens is 1. The highest BCUT2D eigenvalue weighted by atomic mass is 16.4. The van der Waals surface area contributed by atoms with Crippen LogP contribution in [-0.2, 0) is 9.59 Å². The van der Waals surface area contributed by atoms with Gasteiger partial charge in [-0.15, -0.1) is 0 Å². The molecule has 19 heavy (non-hydrogen) atoms. The Hall–Kier alpha value is -2.50. The normalized spacial score (nSPS) is 13.6. The number of carboxylic acid groups (broad SMARTS) is 2. The molecule has 0 aliphatic carbocycles. The van der Waals surface area contributed by atoms with Gasteiger partial charge in [0.05, 0.1) is 0 Å². The molecule has 1 aliphatic rings. The summed E-state index contributed by atoms with van der Waals surface area (Å²) in [6, 6.07) is 4.02. The average molecular weight is 262 g/mol. The van der Waals surface area contributed by atoms with Crippen LogP contribution in [0, 0.1) is 0 Å². The Balaban J connectivity index is 0.000000203. The van der Waals surface area contributed by atoms with Gasteiger partial charge in [0, 0.05) is 42.4 Å². The third-order valence-electron chi connectivity index (χ3n) is 2.24. The molecule has 0 saturated heterocycles. The summed E-state index contributed by atoms with van der Waals surface area (Å²) < 4.78 is 0. The summed E-state index contributed by atoms with van der Waals surface area (Å²) in [6.45, 7) is 0.990. The number of rotatable bonds is 3. The third-order valence-corrected chi connectivity index (χ3v) is 2.24. The Kier molecular flexibility index (Phi) is 5.94. The van der Waals surface area contributed by atoms with Gasteiger partial charge in [0.25, 0.3) is 0 Å². The summed E-state index contributed by atoms with van der Waals surface area (Å²) in [7, 11) is 0. The van der Waals surface area contributed by atoms with Crippen LogP contribution in [0.25, 0.3) is 0 Å². The lowest BCUT2D eigenvalue weighted by Crippen LogP contribution is -1.95. The molecule has 0 unspecified atom stereocenters. The summed E-state index contributed by atoms with van der Waals surface area (Å²) in [5.74, 6) is -2.51. The van der Waals surface area contributed by atoms with E-state index in [9.17, 15) is 9.59 Å². The molecule has 6 nitrogen and oxygen atoms in total. The van der Waals surface area contributed by atoms with Gasteiger partial charge in [-0.25, -0.2) is 9.59 Å². The molecule has 2 heterocycles. The maximum Gasteiger partial charge on any atom is 0.328 e. The molecule has 0 aromatic carbocycles. The van der Waals surface area contributed by atoms with Crippen LogP contribution in [0.2, 0.25) is 0 Å². The molecule has 1 aliphatic heterocycles. The van der Waals surface area contributed by atoms with E-state index in [0.717, 1.165) is 13.0 Å². The topological polar surface area (TPSA) is 99.8 Å². The zero-order valence-corrected chi connectivity index (χ0v) is 10.2. The second kappa shape index (κ2) is 7.75. The molecule has 6 heteroatoms. The van der Waals surface area contributed by atoms with Crippen molar-refractivity contribution in [2.24, 2.45) is 4.99 Å². The predicted octanol–water partition coefficient (Wildman–Crippen LogP) is 1.38. The lowest BCUT2D eigenvalue weighted by Gasteiger charge is -1.96. The molecule has 0 fully saturated rings. The molecule has 2 rings (SSSR count). The molecule has 0 bridgehead atoms. The highest BCUT2D eigenvalue weighted by Gasteiger charge is 2.07. The zero-order valence-electron chi connectivity index (χ0n) is 10.2. The second-order valence-corrected chi connectivity index (χ2v) is 3.68. The molecule has 0 saturated carbocycles. The molecule has 2 N–H and O–H groups in total. The quantitative estimate of drug-likeness (QED) is 0.801. The van der Waals surface area contributed by atoms with Gasteiger partial charge in [-0.3, -0.25) is 9.98 Å². The van der Waals surface area contributed by atoms with E-state index < -0.39 is 11.9 Å². The van der Waals surface area contributed by atoms with Crippen LogP contribution in [0.4, 0.5) is 0 Å². The molecule has 0 spiro atoms. The van der Waals surface area contributed by atoms with E-state index in [1.807, 2.05) is 12.3 Å². The summed E-state index contributed by atoms with van der Waals surface area (Å²) >= 11 is 0. The lowest BCUT2D eigenvalue weighted by molar-refractivity contribution is -0.134. The van der Waals surface area contributed by atoms with Gasteiger partial charge >= 0.3 is 11.9 Å². The van der Waals surface area contributed by atoms with Gasteiger partial charge in [0.2, 0.25) is 0 Å². The van der Waals surface area contributed by atoms with Crippen molar-refractivity contribution in [2.45, 2.75) is 12.8 Å². The fraction of sp³-hybridized carbons (Fsp3) is 0.231. The Bertz CT molecular complexity index is 479. The van der Waals surface area contributed by atoms with Crippen LogP contribution >= 0.6 is 0 Å². The van der Waals surface area contributed by atoms with Crippen LogP contribution in [0.3, 0.4) is 0 Å². The maximum absolute atomic E-state index is 9.55. The molecule has 1 aromatic rings. The minimum Gasteiger partial charge on any atom is -0.478 e. The van der Waals surface area contributed by atoms with Gasteiger partial charge in [0.1, 0.15) is 0 Å². The first-order valence-corrected chi connectivity index (χ1v) is 5.67. The molecule has 0 amide bonds. The van der Waals surface area contributed by atoms with Gasteiger partial charge in [-0.05, 0) is 18.9 Å². The monoisotopic (exact) mass is 262 g/mol. The number of pyridine rings is 1. The first kappa shape index (κ1) is 14.6. The molecular formula is C13H14N2O4. The smallest absolute Gasteiger partial charge is 0.328 e. The van der Waals surface area contributed by atoms with E-state index in [4.69, 9.17) is 10.2 Å². The van der Waals surface area contributed by atoms with E-state index in [2.05, 4.69) is 16.0 Å². The van der Waals surface area contributed by atoms with Crippen LogP contribution in [0.1, 0.15) is 18.4 Å². The Labute approximate surface area is 110 Å². The van der Waals surface area contributed by atoms with Crippen molar-refractivity contribution < 1.29 is 19.8 Å². The number of hydrogen-bond donors (Lipinski definition) is 2. The Morgan fingerprint density at radius 2 is 1.89 bits per heavy atom. The number of carboxylic acids is 2. The number of nitrogens with zero attached hydrogens (tertiary/aromatic N) is 2. The van der Waals surface area contributed by atoms with Gasteiger partial charge in [-0.1, -0.05) is 6.07 Å². The zero-order chi connectivity index (χ0) is 14.1. The third kappa shape index (κ3) is 6.11. The van der Waals surface area contributed by atoms with E-state index in [0.29, 0.717) is 12.2 Å². The van der Waals surface area contributed by atoms with Crippen LogP contribution < -0.4 is 0 Å². The van der Waals surface area contributed by atoms with E-state index in [-0.39, 0.29) is 0 Å². The van der Waals surface area contributed by atoms with E-state index in [1.54, 1.807) is 6.20 Å². The predicted molar refractivity (Wildman–Crippen MR) is 69.3 cm³/mol. The van der Waals surface area contributed by atoms with Crippen molar-refractivity contribution in [2.75, 3.05) is 6.54 Å². The van der Waals surface area contributed by atoms with Crippen molar-refractivity contribution in [1.29, 1.82) is 0 Å². The van der Waals surface area contributed by atoms with Crippen LogP contribution in [0.15, 0.2) is 41.7 Å². The van der Waals surface area contributed by atoms with Crippen molar-refractivity contribution in [3.8, 4) is 0 Å². The Morgan fingerprint density at radius 3 is 2.32 bits per heavy atom. The fourth-order valence-corrected chi connectivity index (χ4v) is 1.45. The maximum atomic E-state index is 9.55. The standard InChI is InChI=1S/C9H10N2.C4H4O4/c1-3-8(7-10-5-1)9-4-2-6-11-9;5-3(6)1-2-4(7)8/h1,3,5,7H,2,4,6H2;1-2H,(H,5,6)(H,7,8)/b;2-1+. The summed E-state index contributed by atoms with van der Waals surface area (Å²) in [6.07, 6.45) is 7.10. The number of aliphatic imine (C=N–C) groups is 1. The molecule has 0 atom stereocenters. The summed E-state index contributed by atoms with van der Waals surface area (Å²) in [5, 5.41) is 15.6. The van der Waals surface area contributed by atoms with E-state index >= 15 is 0 Å². The van der Waals surface area contributed by atoms with Gasteiger partial charge in [0.15, 0.2) is 0 Å². The first-order chi connectivity index (χ1) is 9.09. The van der Waals surface area contributed by atoms with Crippen LogP contribution in [0.5, 0.6) is 0 Å². The number of carbonyl (C=O) groups is 2. The largest absolute Gasteiger partial charge is 0.478 e. The summed E-state index contributed by atoms with van der Waals surface area (Å²) in [5.41, 5.74) is 2.41. The lowest BCUT2D eigenvalue weighted by atomic mass is 10.1. The molecule has 0 radical (unpaired) electrons. The fourth-order valence-electron chi connectivity index (χ4n) is 1.45. The average Bonchev–Trinajstić information content (AvgIpc) is 2.92. The van der Waals surface area contributed by atoms with Gasteiger partial charge < -0.3 is 10.2 Å². The number of hydrogen-bond acceptors (Lipinski definition) is 4. The van der Waals surface area contributed by atoms with Crippen molar-refractivity contribution in [1.82, 2.24) is 4.98 Å². The summed E-state index contributed by atoms with van der Waals surface area (Å²) in [4.78, 5) is 27.5. The SMILES string of the molecule is O=C(O)/C=C/C(=O)O.c1cncc(C2=NCCC2)c1. The minimum absolute atomic E-state index is 0.558.